The highest BCUT2D eigenvalue weighted by Crippen LogP contribution is 2.33. The summed E-state index contributed by atoms with van der Waals surface area (Å²) in [5.41, 5.74) is 6.50. The van der Waals surface area contributed by atoms with Gasteiger partial charge in [-0.15, -0.1) is 0 Å². The van der Waals surface area contributed by atoms with Gasteiger partial charge in [-0.25, -0.2) is 4.99 Å². The van der Waals surface area contributed by atoms with Crippen molar-refractivity contribution >= 4 is 38.1 Å². The first-order chi connectivity index (χ1) is 14.7. The number of aliphatic hydroxyl groups excluding tert-OH is 1. The van der Waals surface area contributed by atoms with E-state index in [1.54, 1.807) is 0 Å². The number of aliphatic hydroxyl groups is 1. The van der Waals surface area contributed by atoms with Gasteiger partial charge >= 0.3 is 0 Å². The number of fused-ring (bicyclic) bond motifs is 2. The smallest absolute Gasteiger partial charge is 0.174 e. The van der Waals surface area contributed by atoms with Crippen molar-refractivity contribution in [1.82, 2.24) is 15.2 Å². The number of aromatic nitrogens is 1. The number of hydrogen-bond acceptors (Lipinski definition) is 6. The third-order valence-corrected chi connectivity index (χ3v) is 6.13. The van der Waals surface area contributed by atoms with Crippen LogP contribution in [0.25, 0.3) is 16.5 Å². The Bertz CT molecular complexity index is 1190. The molecule has 2 aromatic carbocycles. The molecule has 0 bridgehead atoms. The number of anilines is 1. The topological polar surface area (TPSA) is 84.9 Å². The number of H-pyrrole nitrogens is 1. The number of nitrogens with one attached hydrogen (secondary N) is 3. The summed E-state index contributed by atoms with van der Waals surface area (Å²) >= 11 is 3.53. The molecule has 8 heteroatoms. The molecule has 1 unspecified atom stereocenters. The van der Waals surface area contributed by atoms with Crippen molar-refractivity contribution < 1.29 is 9.94 Å². The minimum absolute atomic E-state index is 0.573. The Morgan fingerprint density at radius 1 is 1.20 bits per heavy atom. The summed E-state index contributed by atoms with van der Waals surface area (Å²) in [6.07, 6.45) is -0.927. The van der Waals surface area contributed by atoms with Crippen LogP contribution < -0.4 is 21.4 Å². The maximum absolute atomic E-state index is 10.7. The van der Waals surface area contributed by atoms with Crippen LogP contribution in [0.4, 0.5) is 5.69 Å². The number of hydrogen-bond donors (Lipinski definition) is 4. The predicted octanol–water partition coefficient (Wildman–Crippen LogP) is 1.33. The fourth-order valence-corrected chi connectivity index (χ4v) is 4.48. The van der Waals surface area contributed by atoms with Crippen molar-refractivity contribution in [3.05, 3.63) is 63.2 Å². The second-order valence-corrected chi connectivity index (χ2v) is 8.46. The van der Waals surface area contributed by atoms with E-state index in [-0.39, 0.29) is 0 Å². The quantitative estimate of drug-likeness (QED) is 0.323. The van der Waals surface area contributed by atoms with Crippen LogP contribution in [0.2, 0.25) is 0 Å². The van der Waals surface area contributed by atoms with Crippen LogP contribution in [0.1, 0.15) is 5.69 Å². The number of para-hydroxylation sites is 1. The van der Waals surface area contributed by atoms with Gasteiger partial charge in [0, 0.05) is 58.9 Å². The van der Waals surface area contributed by atoms with Crippen LogP contribution in [0, 0.1) is 0 Å². The van der Waals surface area contributed by atoms with Crippen LogP contribution in [0.15, 0.2) is 51.9 Å². The predicted molar refractivity (Wildman–Crippen MR) is 121 cm³/mol. The summed E-state index contributed by atoms with van der Waals surface area (Å²) in [5.74, 6) is 0. The van der Waals surface area contributed by atoms with Crippen molar-refractivity contribution in [3.8, 4) is 0 Å². The standard InChI is InChI=1S/C22H24BrN5O2/c23-14-5-6-18-16(13-14)19(22(29)26-18)21-20(15-3-1-2-4-17(15)25-21)27-30-12-11-28-9-7-24-8-10-28/h1-6,13,22,24-25,27,29H,7-12H2. The van der Waals surface area contributed by atoms with E-state index in [1.165, 1.54) is 0 Å². The van der Waals surface area contributed by atoms with Crippen LogP contribution in [-0.4, -0.2) is 60.5 Å². The molecule has 0 saturated carbocycles. The van der Waals surface area contributed by atoms with Gasteiger partial charge < -0.3 is 15.4 Å². The fraction of sp³-hybridized carbons (Fsp3) is 0.318. The number of piperazine rings is 1. The molecular weight excluding hydrogens is 446 g/mol. The second-order valence-electron chi connectivity index (χ2n) is 7.54. The van der Waals surface area contributed by atoms with Crippen molar-refractivity contribution in [3.63, 3.8) is 0 Å². The number of aromatic amines is 1. The van der Waals surface area contributed by atoms with Gasteiger partial charge in [-0.05, 0) is 24.3 Å². The molecule has 3 aromatic rings. The van der Waals surface area contributed by atoms with Gasteiger partial charge in [0.25, 0.3) is 0 Å². The maximum Gasteiger partial charge on any atom is 0.174 e. The lowest BCUT2D eigenvalue weighted by Crippen LogP contribution is -2.44. The molecule has 30 heavy (non-hydrogen) atoms. The summed E-state index contributed by atoms with van der Waals surface area (Å²) in [7, 11) is 0. The van der Waals surface area contributed by atoms with E-state index < -0.39 is 6.23 Å². The minimum Gasteiger partial charge on any atom is -0.368 e. The molecule has 0 spiro atoms. The summed E-state index contributed by atoms with van der Waals surface area (Å²) in [5, 5.41) is 16.8. The lowest BCUT2D eigenvalue weighted by Gasteiger charge is -2.26. The Morgan fingerprint density at radius 3 is 2.90 bits per heavy atom. The molecule has 4 N–H and O–H groups in total. The van der Waals surface area contributed by atoms with E-state index in [1.807, 2.05) is 42.5 Å². The highest BCUT2D eigenvalue weighted by molar-refractivity contribution is 9.10. The lowest BCUT2D eigenvalue weighted by atomic mass is 10.1. The van der Waals surface area contributed by atoms with Crippen molar-refractivity contribution in [2.24, 2.45) is 4.99 Å². The Balaban J connectivity index is 1.47. The normalized spacial score (nSPS) is 19.1. The molecule has 1 fully saturated rings. The molecule has 2 aliphatic rings. The average molecular weight is 470 g/mol. The highest BCUT2D eigenvalue weighted by atomic mass is 79.9. The van der Waals surface area contributed by atoms with Gasteiger partial charge in [0.2, 0.25) is 0 Å². The largest absolute Gasteiger partial charge is 0.368 e. The third-order valence-electron chi connectivity index (χ3n) is 5.64. The van der Waals surface area contributed by atoms with E-state index in [0.29, 0.717) is 6.61 Å². The van der Waals surface area contributed by atoms with Gasteiger partial charge in [0.1, 0.15) is 0 Å². The van der Waals surface area contributed by atoms with Crippen molar-refractivity contribution in [2.75, 3.05) is 44.8 Å². The third kappa shape index (κ3) is 3.77. The monoisotopic (exact) mass is 469 g/mol. The first-order valence-electron chi connectivity index (χ1n) is 10.2. The summed E-state index contributed by atoms with van der Waals surface area (Å²) in [4.78, 5) is 16.1. The van der Waals surface area contributed by atoms with Crippen molar-refractivity contribution in [1.29, 1.82) is 0 Å². The zero-order valence-corrected chi connectivity index (χ0v) is 18.1. The van der Waals surface area contributed by atoms with Crippen molar-refractivity contribution in [2.45, 2.75) is 6.23 Å². The summed E-state index contributed by atoms with van der Waals surface area (Å²) < 4.78 is 0.945. The molecule has 1 saturated heterocycles. The van der Waals surface area contributed by atoms with Crippen LogP contribution in [0.5, 0.6) is 0 Å². The number of halogens is 1. The Hall–Kier alpha value is -2.23. The molecule has 0 aliphatic carbocycles. The molecule has 2 aliphatic heterocycles. The second kappa shape index (κ2) is 8.49. The van der Waals surface area contributed by atoms with Gasteiger partial charge in [-0.3, -0.25) is 15.2 Å². The number of benzene rings is 2. The SMILES string of the molecule is OC1N=c2ccc(Br)cc2=C1c1[nH]c2ccccc2c1NOCCN1CCNCC1. The lowest BCUT2D eigenvalue weighted by molar-refractivity contribution is 0.137. The maximum atomic E-state index is 10.7. The van der Waals surface area contributed by atoms with Gasteiger partial charge in [0.15, 0.2) is 6.23 Å². The van der Waals surface area contributed by atoms with E-state index in [9.17, 15) is 5.11 Å². The molecule has 0 amide bonds. The first kappa shape index (κ1) is 19.7. The van der Waals surface area contributed by atoms with E-state index in [4.69, 9.17) is 4.84 Å². The van der Waals surface area contributed by atoms with Gasteiger partial charge in [0.05, 0.1) is 23.3 Å². The Labute approximate surface area is 182 Å². The Kier molecular flexibility index (Phi) is 5.58. The number of nitrogens with zero attached hydrogens (tertiary/aromatic N) is 2. The fourth-order valence-electron chi connectivity index (χ4n) is 4.12. The molecule has 156 valence electrons. The van der Waals surface area contributed by atoms with E-state index in [0.717, 1.165) is 75.6 Å². The molecule has 0 radical (unpaired) electrons. The van der Waals surface area contributed by atoms with Gasteiger partial charge in [-0.2, -0.15) is 0 Å². The molecule has 5 rings (SSSR count). The summed E-state index contributed by atoms with van der Waals surface area (Å²) in [6.45, 7) is 5.57. The van der Waals surface area contributed by atoms with Crippen LogP contribution >= 0.6 is 15.9 Å². The molecule has 1 aromatic heterocycles. The molecule has 1 atom stereocenters. The average Bonchev–Trinajstić information content (AvgIpc) is 3.28. The zero-order chi connectivity index (χ0) is 20.5. The summed E-state index contributed by atoms with van der Waals surface area (Å²) in [6, 6.07) is 13.9. The first-order valence-corrected chi connectivity index (χ1v) is 11.0. The highest BCUT2D eigenvalue weighted by Gasteiger charge is 2.24. The Morgan fingerprint density at radius 2 is 2.03 bits per heavy atom. The van der Waals surface area contributed by atoms with E-state index in [2.05, 4.69) is 41.6 Å². The van der Waals surface area contributed by atoms with Crippen LogP contribution in [0.3, 0.4) is 0 Å². The number of rotatable bonds is 6. The van der Waals surface area contributed by atoms with Gasteiger partial charge in [-0.1, -0.05) is 34.1 Å². The minimum atomic E-state index is -0.927. The molecule has 7 nitrogen and oxygen atoms in total. The molecule has 3 heterocycles. The molecular formula is C22H24BrN5O2. The van der Waals surface area contributed by atoms with Crippen LogP contribution in [-0.2, 0) is 4.84 Å². The van der Waals surface area contributed by atoms with E-state index >= 15 is 0 Å². The zero-order valence-electron chi connectivity index (χ0n) is 16.5.